The van der Waals surface area contributed by atoms with E-state index in [9.17, 15) is 4.79 Å². The van der Waals surface area contributed by atoms with Gasteiger partial charge in [-0.3, -0.25) is 4.79 Å². The molecule has 0 bridgehead atoms. The molecule has 142 valence electrons. The summed E-state index contributed by atoms with van der Waals surface area (Å²) in [4.78, 5) is 12.2. The Bertz CT molecular complexity index is 984. The second kappa shape index (κ2) is 9.40. The average molecular weight is 413 g/mol. The summed E-state index contributed by atoms with van der Waals surface area (Å²) in [5, 5.41) is 5.11. The van der Waals surface area contributed by atoms with Crippen LogP contribution in [0.15, 0.2) is 71.8 Å². The molecule has 0 aliphatic rings. The Morgan fingerprint density at radius 2 is 1.75 bits per heavy atom. The van der Waals surface area contributed by atoms with Gasteiger partial charge in [0.1, 0.15) is 12.4 Å². The van der Waals surface area contributed by atoms with E-state index in [1.165, 1.54) is 5.56 Å². The van der Waals surface area contributed by atoms with Gasteiger partial charge in [0.05, 0.1) is 6.21 Å². The molecular weight excluding hydrogens is 395 g/mol. The number of carbonyl (C=O) groups is 1. The number of rotatable bonds is 6. The van der Waals surface area contributed by atoms with Crippen molar-refractivity contribution in [3.05, 3.63) is 99.0 Å². The van der Waals surface area contributed by atoms with Crippen molar-refractivity contribution in [1.82, 2.24) is 5.43 Å². The summed E-state index contributed by atoms with van der Waals surface area (Å²) in [6.45, 7) is 2.32. The van der Waals surface area contributed by atoms with Crippen LogP contribution in [0, 0.1) is 6.92 Å². The third-order valence-electron chi connectivity index (χ3n) is 3.98. The minimum Gasteiger partial charge on any atom is -0.489 e. The molecule has 0 aromatic heterocycles. The van der Waals surface area contributed by atoms with Gasteiger partial charge in [0, 0.05) is 21.2 Å². The lowest BCUT2D eigenvalue weighted by atomic mass is 10.2. The molecule has 3 aromatic carbocycles. The molecule has 0 aliphatic heterocycles. The molecule has 1 N–H and O–H groups in total. The zero-order chi connectivity index (χ0) is 19.9. The van der Waals surface area contributed by atoms with Gasteiger partial charge < -0.3 is 4.74 Å². The number of nitrogens with zero attached hydrogens (tertiary/aromatic N) is 1. The largest absolute Gasteiger partial charge is 0.489 e. The van der Waals surface area contributed by atoms with Gasteiger partial charge in [-0.05, 0) is 48.9 Å². The number of ether oxygens (including phenoxy) is 1. The van der Waals surface area contributed by atoms with E-state index in [0.717, 1.165) is 11.1 Å². The highest BCUT2D eigenvalue weighted by atomic mass is 35.5. The van der Waals surface area contributed by atoms with Crippen LogP contribution in [0.4, 0.5) is 0 Å². The van der Waals surface area contributed by atoms with Crippen LogP contribution in [0.1, 0.15) is 27.0 Å². The lowest BCUT2D eigenvalue weighted by molar-refractivity contribution is 0.0955. The molecule has 3 aromatic rings. The molecule has 0 unspecified atom stereocenters. The lowest BCUT2D eigenvalue weighted by Crippen LogP contribution is -2.17. The van der Waals surface area contributed by atoms with Crippen LogP contribution in [0.2, 0.25) is 10.0 Å². The summed E-state index contributed by atoms with van der Waals surface area (Å²) < 4.78 is 5.71. The van der Waals surface area contributed by atoms with E-state index in [4.69, 9.17) is 27.9 Å². The van der Waals surface area contributed by atoms with Crippen LogP contribution in [-0.4, -0.2) is 12.1 Å². The first-order chi connectivity index (χ1) is 13.5. The Morgan fingerprint density at radius 3 is 2.43 bits per heavy atom. The van der Waals surface area contributed by atoms with E-state index in [0.29, 0.717) is 28.0 Å². The summed E-state index contributed by atoms with van der Waals surface area (Å²) in [7, 11) is 0. The third kappa shape index (κ3) is 5.59. The molecule has 0 fully saturated rings. The standard InChI is InChI=1S/C22H18Cl2N2O2/c1-15-2-4-16(5-3-15)13-25-26-22(27)17-7-10-20(11-8-17)28-14-18-6-9-19(23)12-21(18)24/h2-13H,14H2,1H3,(H,26,27)/b25-13-. The normalized spacial score (nSPS) is 10.8. The molecule has 0 heterocycles. The Balaban J connectivity index is 1.54. The Kier molecular flexibility index (Phi) is 6.69. The predicted molar refractivity (Wildman–Crippen MR) is 113 cm³/mol. The first-order valence-electron chi connectivity index (χ1n) is 8.58. The Labute approximate surface area is 173 Å². The number of hydrazone groups is 1. The van der Waals surface area contributed by atoms with Crippen LogP contribution < -0.4 is 10.2 Å². The van der Waals surface area contributed by atoms with E-state index in [1.54, 1.807) is 42.6 Å². The van der Waals surface area contributed by atoms with Crippen LogP contribution in [0.5, 0.6) is 5.75 Å². The van der Waals surface area contributed by atoms with Gasteiger partial charge in [-0.2, -0.15) is 5.10 Å². The van der Waals surface area contributed by atoms with Crippen LogP contribution >= 0.6 is 23.2 Å². The maximum absolute atomic E-state index is 12.2. The zero-order valence-electron chi connectivity index (χ0n) is 15.2. The molecule has 28 heavy (non-hydrogen) atoms. The monoisotopic (exact) mass is 412 g/mol. The predicted octanol–water partition coefficient (Wildman–Crippen LogP) is 5.64. The average Bonchev–Trinajstić information content (AvgIpc) is 2.69. The van der Waals surface area contributed by atoms with Crippen molar-refractivity contribution in [2.75, 3.05) is 0 Å². The minimum atomic E-state index is -0.296. The maximum Gasteiger partial charge on any atom is 0.271 e. The molecule has 0 spiro atoms. The van der Waals surface area contributed by atoms with Crippen molar-refractivity contribution in [2.24, 2.45) is 5.10 Å². The topological polar surface area (TPSA) is 50.7 Å². The summed E-state index contributed by atoms with van der Waals surface area (Å²) in [6, 6.07) is 19.9. The summed E-state index contributed by atoms with van der Waals surface area (Å²) >= 11 is 12.0. The highest BCUT2D eigenvalue weighted by Gasteiger charge is 2.06. The first-order valence-corrected chi connectivity index (χ1v) is 9.34. The summed E-state index contributed by atoms with van der Waals surface area (Å²) in [5.74, 6) is 0.335. The van der Waals surface area contributed by atoms with Crippen molar-refractivity contribution in [3.8, 4) is 5.75 Å². The minimum absolute atomic E-state index is 0.296. The van der Waals surface area contributed by atoms with Crippen molar-refractivity contribution in [2.45, 2.75) is 13.5 Å². The fourth-order valence-electron chi connectivity index (χ4n) is 2.38. The molecule has 0 radical (unpaired) electrons. The maximum atomic E-state index is 12.2. The van der Waals surface area contributed by atoms with E-state index in [1.807, 2.05) is 37.3 Å². The number of nitrogens with one attached hydrogen (secondary N) is 1. The Morgan fingerprint density at radius 1 is 1.04 bits per heavy atom. The highest BCUT2D eigenvalue weighted by Crippen LogP contribution is 2.23. The van der Waals surface area contributed by atoms with Crippen molar-refractivity contribution >= 4 is 35.3 Å². The number of hydrogen-bond acceptors (Lipinski definition) is 3. The van der Waals surface area contributed by atoms with E-state index < -0.39 is 0 Å². The molecule has 0 aliphatic carbocycles. The smallest absolute Gasteiger partial charge is 0.271 e. The van der Waals surface area contributed by atoms with Gasteiger partial charge >= 0.3 is 0 Å². The first kappa shape index (κ1) is 19.9. The van der Waals surface area contributed by atoms with Gasteiger partial charge in [0.25, 0.3) is 5.91 Å². The van der Waals surface area contributed by atoms with Crippen molar-refractivity contribution in [1.29, 1.82) is 0 Å². The number of benzene rings is 3. The molecule has 0 atom stereocenters. The Hall–Kier alpha value is -2.82. The zero-order valence-corrected chi connectivity index (χ0v) is 16.7. The third-order valence-corrected chi connectivity index (χ3v) is 4.57. The molecule has 3 rings (SSSR count). The summed E-state index contributed by atoms with van der Waals surface area (Å²) in [5.41, 5.74) is 5.91. The lowest BCUT2D eigenvalue weighted by Gasteiger charge is -2.08. The molecular formula is C22H18Cl2N2O2. The van der Waals surface area contributed by atoms with Gasteiger partial charge in [-0.25, -0.2) is 5.43 Å². The second-order valence-electron chi connectivity index (χ2n) is 6.16. The van der Waals surface area contributed by atoms with Gasteiger partial charge in [-0.15, -0.1) is 0 Å². The molecule has 0 saturated heterocycles. The van der Waals surface area contributed by atoms with Crippen LogP contribution in [0.25, 0.3) is 0 Å². The number of hydrogen-bond donors (Lipinski definition) is 1. The number of amides is 1. The molecule has 0 saturated carbocycles. The fraction of sp³-hybridized carbons (Fsp3) is 0.0909. The summed E-state index contributed by atoms with van der Waals surface area (Å²) in [6.07, 6.45) is 1.60. The van der Waals surface area contributed by atoms with Gasteiger partial charge in [-0.1, -0.05) is 59.1 Å². The van der Waals surface area contributed by atoms with Crippen LogP contribution in [0.3, 0.4) is 0 Å². The molecule has 4 nitrogen and oxygen atoms in total. The number of carbonyl (C=O) groups excluding carboxylic acids is 1. The quantitative estimate of drug-likeness (QED) is 0.420. The number of halogens is 2. The van der Waals surface area contributed by atoms with Gasteiger partial charge in [0.2, 0.25) is 0 Å². The molecule has 6 heteroatoms. The van der Waals surface area contributed by atoms with E-state index >= 15 is 0 Å². The van der Waals surface area contributed by atoms with Crippen LogP contribution in [-0.2, 0) is 6.61 Å². The van der Waals surface area contributed by atoms with Crippen molar-refractivity contribution in [3.63, 3.8) is 0 Å². The second-order valence-corrected chi connectivity index (χ2v) is 7.00. The number of aryl methyl sites for hydroxylation is 1. The van der Waals surface area contributed by atoms with E-state index in [-0.39, 0.29) is 5.91 Å². The van der Waals surface area contributed by atoms with E-state index in [2.05, 4.69) is 10.5 Å². The SMILES string of the molecule is Cc1ccc(/C=N\NC(=O)c2ccc(OCc3ccc(Cl)cc3Cl)cc2)cc1. The molecule has 1 amide bonds. The fourth-order valence-corrected chi connectivity index (χ4v) is 2.85. The highest BCUT2D eigenvalue weighted by molar-refractivity contribution is 6.35. The van der Waals surface area contributed by atoms with Crippen molar-refractivity contribution < 1.29 is 9.53 Å². The van der Waals surface area contributed by atoms with Gasteiger partial charge in [0.15, 0.2) is 0 Å².